The Bertz CT molecular complexity index is 740. The topological polar surface area (TPSA) is 50.5 Å². The fraction of sp³-hybridized carbons (Fsp3) is 0.333. The molecule has 0 unspecified atom stereocenters. The molecule has 1 aromatic carbocycles. The Morgan fingerprint density at radius 1 is 1.29 bits per heavy atom. The van der Waals surface area contributed by atoms with E-state index in [1.54, 1.807) is 13.1 Å². The lowest BCUT2D eigenvalue weighted by Crippen LogP contribution is -2.31. The predicted octanol–water partition coefficient (Wildman–Crippen LogP) is 3.97. The van der Waals surface area contributed by atoms with Gasteiger partial charge in [-0.1, -0.05) is 36.5 Å². The zero-order valence-corrected chi connectivity index (χ0v) is 13.3. The van der Waals surface area contributed by atoms with E-state index in [0.29, 0.717) is 17.0 Å². The quantitative estimate of drug-likeness (QED) is 0.798. The third-order valence-corrected chi connectivity index (χ3v) is 3.67. The molecule has 0 aliphatic rings. The first-order valence-electron chi connectivity index (χ1n) is 6.62. The van der Waals surface area contributed by atoms with Gasteiger partial charge in [-0.15, -0.1) is 0 Å². The van der Waals surface area contributed by atoms with Crippen molar-refractivity contribution in [2.24, 2.45) is 0 Å². The summed E-state index contributed by atoms with van der Waals surface area (Å²) < 4.78 is 5.16. The van der Waals surface area contributed by atoms with Crippen LogP contribution < -0.4 is 5.63 Å². The second kappa shape index (κ2) is 6.50. The molecule has 0 bridgehead atoms. The lowest BCUT2D eigenvalue weighted by atomic mass is 10.1. The fourth-order valence-electron chi connectivity index (χ4n) is 2.01. The Hall–Kier alpha value is -1.52. The number of amides is 1. The number of benzene rings is 1. The third kappa shape index (κ3) is 3.39. The van der Waals surface area contributed by atoms with Crippen LogP contribution in [0.5, 0.6) is 0 Å². The third-order valence-electron chi connectivity index (χ3n) is 3.18. The van der Waals surface area contributed by atoms with Crippen molar-refractivity contribution in [1.82, 2.24) is 4.90 Å². The molecular formula is C15H15Cl2NO3. The van der Waals surface area contributed by atoms with Crippen molar-refractivity contribution in [2.75, 3.05) is 13.6 Å². The SMILES string of the molecule is CCCCN(C)C(=O)c1cc2cc(Cl)cc(Cl)c2oc1=O. The smallest absolute Gasteiger partial charge is 0.349 e. The van der Waals surface area contributed by atoms with Gasteiger partial charge < -0.3 is 9.32 Å². The summed E-state index contributed by atoms with van der Waals surface area (Å²) in [7, 11) is 1.66. The molecule has 0 radical (unpaired) electrons. The molecule has 0 fully saturated rings. The summed E-state index contributed by atoms with van der Waals surface area (Å²) in [6.45, 7) is 2.62. The first-order valence-corrected chi connectivity index (χ1v) is 7.38. The number of unbranched alkanes of at least 4 members (excludes halogenated alkanes) is 1. The number of fused-ring (bicyclic) bond motifs is 1. The van der Waals surface area contributed by atoms with Gasteiger partial charge >= 0.3 is 5.63 Å². The van der Waals surface area contributed by atoms with E-state index < -0.39 is 5.63 Å². The maximum absolute atomic E-state index is 12.3. The van der Waals surface area contributed by atoms with Gasteiger partial charge in [0.1, 0.15) is 5.56 Å². The highest BCUT2D eigenvalue weighted by Crippen LogP contribution is 2.27. The van der Waals surface area contributed by atoms with Crippen LogP contribution >= 0.6 is 23.2 Å². The fourth-order valence-corrected chi connectivity index (χ4v) is 2.56. The Kier molecular flexibility index (Phi) is 4.91. The van der Waals surface area contributed by atoms with Gasteiger partial charge in [0.05, 0.1) is 5.02 Å². The van der Waals surface area contributed by atoms with Gasteiger partial charge in [-0.05, 0) is 24.6 Å². The van der Waals surface area contributed by atoms with Crippen molar-refractivity contribution in [2.45, 2.75) is 19.8 Å². The van der Waals surface area contributed by atoms with Crippen LogP contribution in [0.2, 0.25) is 10.0 Å². The van der Waals surface area contributed by atoms with Crippen LogP contribution in [0.15, 0.2) is 27.4 Å². The van der Waals surface area contributed by atoms with Gasteiger partial charge in [-0.25, -0.2) is 4.79 Å². The lowest BCUT2D eigenvalue weighted by Gasteiger charge is -2.16. The molecule has 21 heavy (non-hydrogen) atoms. The van der Waals surface area contributed by atoms with Crippen molar-refractivity contribution in [3.8, 4) is 0 Å². The Morgan fingerprint density at radius 2 is 2.00 bits per heavy atom. The molecule has 1 heterocycles. The molecule has 0 aliphatic heterocycles. The van der Waals surface area contributed by atoms with Gasteiger partial charge in [-0.2, -0.15) is 0 Å². The number of nitrogens with zero attached hydrogens (tertiary/aromatic N) is 1. The summed E-state index contributed by atoms with van der Waals surface area (Å²) in [4.78, 5) is 25.8. The zero-order chi connectivity index (χ0) is 15.6. The van der Waals surface area contributed by atoms with Gasteiger partial charge in [0, 0.05) is 24.0 Å². The van der Waals surface area contributed by atoms with Gasteiger partial charge in [0.2, 0.25) is 0 Å². The molecule has 0 N–H and O–H groups in total. The minimum Gasteiger partial charge on any atom is -0.421 e. The largest absolute Gasteiger partial charge is 0.421 e. The Balaban J connectivity index is 2.47. The van der Waals surface area contributed by atoms with Crippen LogP contribution in [0.4, 0.5) is 0 Å². The molecular weight excluding hydrogens is 313 g/mol. The predicted molar refractivity (Wildman–Crippen MR) is 84.4 cm³/mol. The number of hydrogen-bond acceptors (Lipinski definition) is 3. The second-order valence-electron chi connectivity index (χ2n) is 4.83. The molecule has 0 saturated carbocycles. The van der Waals surface area contributed by atoms with Gasteiger partial charge in [-0.3, -0.25) is 4.79 Å². The minimum atomic E-state index is -0.694. The van der Waals surface area contributed by atoms with Crippen molar-refractivity contribution in [3.63, 3.8) is 0 Å². The summed E-state index contributed by atoms with van der Waals surface area (Å²) in [5, 5.41) is 1.19. The van der Waals surface area contributed by atoms with Crippen molar-refractivity contribution >= 4 is 40.1 Å². The first-order chi connectivity index (χ1) is 9.93. The van der Waals surface area contributed by atoms with Crippen LogP contribution in [0.1, 0.15) is 30.1 Å². The maximum Gasteiger partial charge on any atom is 0.349 e. The summed E-state index contributed by atoms with van der Waals surface area (Å²) in [5.41, 5.74) is -0.474. The molecule has 2 aromatic rings. The monoisotopic (exact) mass is 327 g/mol. The van der Waals surface area contributed by atoms with Crippen molar-refractivity contribution < 1.29 is 9.21 Å². The molecule has 0 aliphatic carbocycles. The number of rotatable bonds is 4. The van der Waals surface area contributed by atoms with Gasteiger partial charge in [0.25, 0.3) is 5.91 Å². The average Bonchev–Trinajstić information content (AvgIpc) is 2.44. The highest BCUT2D eigenvalue weighted by Gasteiger charge is 2.18. The highest BCUT2D eigenvalue weighted by molar-refractivity contribution is 6.38. The molecule has 112 valence electrons. The van der Waals surface area contributed by atoms with E-state index in [0.717, 1.165) is 12.8 Å². The zero-order valence-electron chi connectivity index (χ0n) is 11.8. The lowest BCUT2D eigenvalue weighted by molar-refractivity contribution is 0.0789. The minimum absolute atomic E-state index is 0.0144. The van der Waals surface area contributed by atoms with E-state index in [1.807, 2.05) is 6.92 Å². The molecule has 4 nitrogen and oxygen atoms in total. The van der Waals surface area contributed by atoms with Crippen LogP contribution in [-0.4, -0.2) is 24.4 Å². The highest BCUT2D eigenvalue weighted by atomic mass is 35.5. The van der Waals surface area contributed by atoms with Crippen LogP contribution in [0.25, 0.3) is 11.0 Å². The summed E-state index contributed by atoms with van der Waals surface area (Å²) >= 11 is 11.9. The normalized spacial score (nSPS) is 10.9. The van der Waals surface area contributed by atoms with E-state index in [9.17, 15) is 9.59 Å². The van der Waals surface area contributed by atoms with E-state index in [2.05, 4.69) is 0 Å². The number of hydrogen-bond donors (Lipinski definition) is 0. The molecule has 1 amide bonds. The summed E-state index contributed by atoms with van der Waals surface area (Å²) in [6, 6.07) is 4.57. The molecule has 0 saturated heterocycles. The van der Waals surface area contributed by atoms with E-state index in [4.69, 9.17) is 27.6 Å². The number of carbonyl (C=O) groups is 1. The molecule has 1 aromatic heterocycles. The van der Waals surface area contributed by atoms with E-state index in [1.165, 1.54) is 17.0 Å². The Morgan fingerprint density at radius 3 is 2.67 bits per heavy atom. The summed E-state index contributed by atoms with van der Waals surface area (Å²) in [6.07, 6.45) is 1.84. The van der Waals surface area contributed by atoms with Gasteiger partial charge in [0.15, 0.2) is 5.58 Å². The molecule has 6 heteroatoms. The van der Waals surface area contributed by atoms with Crippen molar-refractivity contribution in [1.29, 1.82) is 0 Å². The second-order valence-corrected chi connectivity index (χ2v) is 5.68. The van der Waals surface area contributed by atoms with Crippen LogP contribution in [0.3, 0.4) is 0 Å². The van der Waals surface area contributed by atoms with E-state index >= 15 is 0 Å². The number of halogens is 2. The molecule has 0 atom stereocenters. The van der Waals surface area contributed by atoms with Crippen molar-refractivity contribution in [3.05, 3.63) is 44.2 Å². The Labute approximate surface area is 132 Å². The van der Waals surface area contributed by atoms with Crippen LogP contribution in [-0.2, 0) is 0 Å². The first kappa shape index (κ1) is 15.9. The van der Waals surface area contributed by atoms with Crippen LogP contribution in [0, 0.1) is 0 Å². The number of carbonyl (C=O) groups excluding carboxylic acids is 1. The maximum atomic E-state index is 12.3. The average molecular weight is 328 g/mol. The van der Waals surface area contributed by atoms with E-state index in [-0.39, 0.29) is 22.1 Å². The molecule has 0 spiro atoms. The molecule has 2 rings (SSSR count). The standard InChI is InChI=1S/C15H15Cl2NO3/c1-3-4-5-18(2)14(19)11-7-9-6-10(16)8-12(17)13(9)21-15(11)20/h6-8H,3-5H2,1-2H3. The summed E-state index contributed by atoms with van der Waals surface area (Å²) in [5.74, 6) is -0.366.